The van der Waals surface area contributed by atoms with E-state index in [0.717, 1.165) is 24.8 Å². The predicted molar refractivity (Wildman–Crippen MR) is 76.0 cm³/mol. The van der Waals surface area contributed by atoms with Crippen molar-refractivity contribution in [2.45, 2.75) is 32.8 Å². The van der Waals surface area contributed by atoms with E-state index < -0.39 is 11.3 Å². The average molecular weight is 267 g/mol. The highest BCUT2D eigenvalue weighted by molar-refractivity contribution is 7.78. The average Bonchev–Trinajstić information content (AvgIpc) is 2.37. The minimum Gasteiger partial charge on any atom is -0.273 e. The van der Waals surface area contributed by atoms with E-state index in [1.165, 1.54) is 5.57 Å². The van der Waals surface area contributed by atoms with Crippen LogP contribution in [0, 0.1) is 0 Å². The number of hydrogen-bond acceptors (Lipinski definition) is 2. The quantitative estimate of drug-likeness (QED) is 0.551. The lowest BCUT2D eigenvalue weighted by Gasteiger charge is -2.05. The zero-order chi connectivity index (χ0) is 13.2. The molecular weight excluding hydrogens is 246 g/mol. The van der Waals surface area contributed by atoms with Crippen molar-refractivity contribution in [2.24, 2.45) is 0 Å². The standard InChI is InChI=1S/C14H21NO2S/c1-13(2)8-6-7-11-15-18(16)17-12-14-9-4-3-5-10-14/h3-5,9-10,15H,1,6-8,11-12H2,2H3. The first-order chi connectivity index (χ1) is 8.68. The van der Waals surface area contributed by atoms with Gasteiger partial charge in [-0.25, -0.2) is 8.93 Å². The molecule has 0 saturated carbocycles. The number of hydrogen-bond donors (Lipinski definition) is 1. The van der Waals surface area contributed by atoms with Crippen molar-refractivity contribution in [1.82, 2.24) is 4.72 Å². The van der Waals surface area contributed by atoms with Gasteiger partial charge in [-0.2, -0.15) is 0 Å². The number of nitrogens with one attached hydrogen (secondary N) is 1. The Kier molecular flexibility index (Phi) is 7.57. The van der Waals surface area contributed by atoms with Gasteiger partial charge in [0.1, 0.15) is 0 Å². The summed E-state index contributed by atoms with van der Waals surface area (Å²) < 4.78 is 19.5. The van der Waals surface area contributed by atoms with Crippen LogP contribution in [0.2, 0.25) is 0 Å². The minimum absolute atomic E-state index is 0.367. The van der Waals surface area contributed by atoms with Crippen molar-refractivity contribution >= 4 is 11.3 Å². The second-order valence-electron chi connectivity index (χ2n) is 4.29. The molecule has 1 aromatic carbocycles. The number of benzene rings is 1. The van der Waals surface area contributed by atoms with Crippen LogP contribution in [0.15, 0.2) is 42.5 Å². The first-order valence-corrected chi connectivity index (χ1v) is 7.23. The lowest BCUT2D eigenvalue weighted by Crippen LogP contribution is -2.20. The van der Waals surface area contributed by atoms with E-state index in [0.29, 0.717) is 13.2 Å². The van der Waals surface area contributed by atoms with E-state index >= 15 is 0 Å². The molecule has 100 valence electrons. The molecule has 18 heavy (non-hydrogen) atoms. The Labute approximate surface area is 112 Å². The highest BCUT2D eigenvalue weighted by Crippen LogP contribution is 2.03. The highest BCUT2D eigenvalue weighted by atomic mass is 32.2. The molecule has 4 heteroatoms. The Morgan fingerprint density at radius 3 is 2.72 bits per heavy atom. The van der Waals surface area contributed by atoms with Gasteiger partial charge in [0.15, 0.2) is 0 Å². The van der Waals surface area contributed by atoms with E-state index in [4.69, 9.17) is 4.18 Å². The maximum atomic E-state index is 11.5. The summed E-state index contributed by atoms with van der Waals surface area (Å²) in [4.78, 5) is 0. The summed E-state index contributed by atoms with van der Waals surface area (Å²) in [6.07, 6.45) is 3.07. The molecule has 0 spiro atoms. The summed E-state index contributed by atoms with van der Waals surface area (Å²) in [5.41, 5.74) is 2.21. The van der Waals surface area contributed by atoms with Gasteiger partial charge in [-0.05, 0) is 31.7 Å². The first-order valence-electron chi connectivity index (χ1n) is 6.15. The smallest absolute Gasteiger partial charge is 0.234 e. The van der Waals surface area contributed by atoms with Crippen molar-refractivity contribution in [3.63, 3.8) is 0 Å². The molecule has 0 saturated heterocycles. The van der Waals surface area contributed by atoms with Crippen LogP contribution in [-0.2, 0) is 22.1 Å². The fourth-order valence-corrected chi connectivity index (χ4v) is 2.08. The Morgan fingerprint density at radius 1 is 1.33 bits per heavy atom. The third-order valence-corrected chi connectivity index (χ3v) is 3.20. The van der Waals surface area contributed by atoms with Gasteiger partial charge in [-0.1, -0.05) is 35.9 Å². The van der Waals surface area contributed by atoms with Crippen LogP contribution in [0.3, 0.4) is 0 Å². The lowest BCUT2D eigenvalue weighted by molar-refractivity contribution is 0.331. The molecule has 0 aliphatic rings. The first kappa shape index (κ1) is 15.1. The Bertz CT molecular complexity index is 379. The molecule has 0 fully saturated rings. The zero-order valence-electron chi connectivity index (χ0n) is 10.9. The molecule has 0 radical (unpaired) electrons. The molecule has 1 unspecified atom stereocenters. The van der Waals surface area contributed by atoms with Gasteiger partial charge >= 0.3 is 0 Å². The normalized spacial score (nSPS) is 12.3. The van der Waals surface area contributed by atoms with E-state index in [9.17, 15) is 4.21 Å². The van der Waals surface area contributed by atoms with Crippen LogP contribution >= 0.6 is 0 Å². The summed E-state index contributed by atoms with van der Waals surface area (Å²) in [6, 6.07) is 9.72. The van der Waals surface area contributed by atoms with Crippen LogP contribution < -0.4 is 4.72 Å². The molecule has 1 atom stereocenters. The zero-order valence-corrected chi connectivity index (χ0v) is 11.7. The number of unbranched alkanes of at least 4 members (excludes halogenated alkanes) is 1. The van der Waals surface area contributed by atoms with Crippen molar-refractivity contribution in [3.05, 3.63) is 48.0 Å². The SMILES string of the molecule is C=C(C)CCCCNS(=O)OCc1ccccc1. The molecule has 3 nitrogen and oxygen atoms in total. The van der Waals surface area contributed by atoms with E-state index in [1.54, 1.807) is 0 Å². The van der Waals surface area contributed by atoms with Crippen LogP contribution in [0.1, 0.15) is 31.7 Å². The second kappa shape index (κ2) is 9.03. The van der Waals surface area contributed by atoms with E-state index in [-0.39, 0.29) is 0 Å². The lowest BCUT2D eigenvalue weighted by atomic mass is 10.1. The van der Waals surface area contributed by atoms with Gasteiger partial charge in [0.25, 0.3) is 0 Å². The van der Waals surface area contributed by atoms with Crippen LogP contribution in [0.25, 0.3) is 0 Å². The molecule has 0 heterocycles. The van der Waals surface area contributed by atoms with Gasteiger partial charge in [-0.15, -0.1) is 6.58 Å². The van der Waals surface area contributed by atoms with Gasteiger partial charge in [0, 0.05) is 6.54 Å². The molecule has 1 aromatic rings. The fourth-order valence-electron chi connectivity index (χ4n) is 1.44. The van der Waals surface area contributed by atoms with Gasteiger partial charge < -0.3 is 0 Å². The Balaban J connectivity index is 2.06. The second-order valence-corrected chi connectivity index (χ2v) is 5.28. The van der Waals surface area contributed by atoms with Crippen molar-refractivity contribution in [1.29, 1.82) is 0 Å². The summed E-state index contributed by atoms with van der Waals surface area (Å²) in [5.74, 6) is 0. The highest BCUT2D eigenvalue weighted by Gasteiger charge is 2.00. The van der Waals surface area contributed by atoms with E-state index in [1.807, 2.05) is 37.3 Å². The third kappa shape index (κ3) is 7.37. The largest absolute Gasteiger partial charge is 0.273 e. The third-order valence-electron chi connectivity index (χ3n) is 2.43. The van der Waals surface area contributed by atoms with Crippen LogP contribution in [-0.4, -0.2) is 10.8 Å². The molecule has 0 aliphatic heterocycles. The van der Waals surface area contributed by atoms with E-state index in [2.05, 4.69) is 11.3 Å². The monoisotopic (exact) mass is 267 g/mol. The van der Waals surface area contributed by atoms with Crippen molar-refractivity contribution < 1.29 is 8.39 Å². The maximum Gasteiger partial charge on any atom is 0.234 e. The Hall–Kier alpha value is -0.970. The molecular formula is C14H21NO2S. The summed E-state index contributed by atoms with van der Waals surface area (Å²) in [6.45, 7) is 6.94. The molecule has 0 aromatic heterocycles. The molecule has 0 bridgehead atoms. The van der Waals surface area contributed by atoms with Gasteiger partial charge in [0.2, 0.25) is 11.3 Å². The predicted octanol–water partition coefficient (Wildman–Crippen LogP) is 3.12. The van der Waals surface area contributed by atoms with Crippen LogP contribution in [0.4, 0.5) is 0 Å². The minimum atomic E-state index is -1.41. The Morgan fingerprint density at radius 2 is 2.06 bits per heavy atom. The molecule has 0 aliphatic carbocycles. The summed E-state index contributed by atoms with van der Waals surface area (Å²) >= 11 is -1.41. The fraction of sp³-hybridized carbons (Fsp3) is 0.429. The molecule has 0 amide bonds. The number of allylic oxidation sites excluding steroid dienone is 1. The van der Waals surface area contributed by atoms with Crippen molar-refractivity contribution in [2.75, 3.05) is 6.54 Å². The topological polar surface area (TPSA) is 38.3 Å². The summed E-state index contributed by atoms with van der Waals surface area (Å²) in [7, 11) is 0. The summed E-state index contributed by atoms with van der Waals surface area (Å²) in [5, 5.41) is 0. The molecule has 1 N–H and O–H groups in total. The maximum absolute atomic E-state index is 11.5. The number of rotatable bonds is 9. The van der Waals surface area contributed by atoms with Crippen molar-refractivity contribution in [3.8, 4) is 0 Å². The van der Waals surface area contributed by atoms with Crippen LogP contribution in [0.5, 0.6) is 0 Å². The van der Waals surface area contributed by atoms with Gasteiger partial charge in [0.05, 0.1) is 6.61 Å². The van der Waals surface area contributed by atoms with Gasteiger partial charge in [-0.3, -0.25) is 4.18 Å². The molecule has 1 rings (SSSR count).